The van der Waals surface area contributed by atoms with Crippen LogP contribution in [0.5, 0.6) is 0 Å². The molecule has 0 spiro atoms. The summed E-state index contributed by atoms with van der Waals surface area (Å²) in [6.07, 6.45) is -4.99. The standard InChI is InChI=1S/C21H24F4N6OS/c1-26-14-10-31(9-13(14)22)12-5-3-11(4-6-12)7-8-28-20(32)16-15(27-2)18-17(29-16)19(30-33-18)21(23,24)25/h3-6,13-14,26-27,29H,7-10H2,1-2H3,(H,28,32). The summed E-state index contributed by atoms with van der Waals surface area (Å²) in [5.74, 6) is -0.503. The van der Waals surface area contributed by atoms with Gasteiger partial charge in [-0.3, -0.25) is 4.79 Å². The van der Waals surface area contributed by atoms with Crippen LogP contribution in [0.4, 0.5) is 28.9 Å². The molecule has 1 amide bonds. The Balaban J connectivity index is 1.38. The van der Waals surface area contributed by atoms with E-state index in [2.05, 4.69) is 25.3 Å². The van der Waals surface area contributed by atoms with Crippen LogP contribution in [0, 0.1) is 0 Å². The number of hydrogen-bond acceptors (Lipinski definition) is 6. The van der Waals surface area contributed by atoms with Crippen LogP contribution in [0.15, 0.2) is 24.3 Å². The van der Waals surface area contributed by atoms with Crippen LogP contribution in [0.25, 0.3) is 10.2 Å². The Hall–Kier alpha value is -2.86. The number of nitrogens with one attached hydrogen (secondary N) is 4. The van der Waals surface area contributed by atoms with Crippen LogP contribution in [0.2, 0.25) is 0 Å². The Morgan fingerprint density at radius 2 is 1.97 bits per heavy atom. The number of rotatable bonds is 7. The average Bonchev–Trinajstić information content (AvgIpc) is 3.46. The molecule has 2 atom stereocenters. The van der Waals surface area contributed by atoms with E-state index in [0.717, 1.165) is 11.3 Å². The number of likely N-dealkylation sites (N-methyl/N-ethyl adjacent to an activating group) is 1. The number of aromatic amines is 1. The number of anilines is 2. The molecule has 4 N–H and O–H groups in total. The van der Waals surface area contributed by atoms with Gasteiger partial charge in [-0.1, -0.05) is 12.1 Å². The highest BCUT2D eigenvalue weighted by atomic mass is 32.1. The maximum Gasteiger partial charge on any atom is 0.436 e. The summed E-state index contributed by atoms with van der Waals surface area (Å²) >= 11 is 0.689. The van der Waals surface area contributed by atoms with Crippen molar-refractivity contribution in [2.45, 2.75) is 24.8 Å². The number of aromatic nitrogens is 2. The molecule has 3 aromatic rings. The van der Waals surface area contributed by atoms with Crippen molar-refractivity contribution in [1.29, 1.82) is 0 Å². The maximum absolute atomic E-state index is 14.0. The monoisotopic (exact) mass is 484 g/mol. The zero-order valence-corrected chi connectivity index (χ0v) is 18.8. The number of benzene rings is 1. The fourth-order valence-electron chi connectivity index (χ4n) is 4.01. The SMILES string of the molecule is CNc1c(C(=O)NCCc2ccc(N3CC(F)C(NC)C3)cc2)[nH]c2c(C(F)(F)F)nsc12. The van der Waals surface area contributed by atoms with Crippen LogP contribution in [-0.4, -0.2) is 61.2 Å². The first-order valence-electron chi connectivity index (χ1n) is 10.4. The Kier molecular flexibility index (Phi) is 6.48. The molecule has 1 saturated heterocycles. The lowest BCUT2D eigenvalue weighted by molar-refractivity contribution is -0.139. The van der Waals surface area contributed by atoms with Gasteiger partial charge in [0.1, 0.15) is 11.9 Å². The minimum atomic E-state index is -4.61. The molecule has 4 rings (SSSR count). The van der Waals surface area contributed by atoms with Crippen molar-refractivity contribution >= 4 is 39.0 Å². The summed E-state index contributed by atoms with van der Waals surface area (Å²) in [7, 11) is 3.29. The number of fused-ring (bicyclic) bond motifs is 1. The molecule has 0 aliphatic carbocycles. The number of carbonyl (C=O) groups excluding carboxylic acids is 1. The first-order chi connectivity index (χ1) is 15.7. The molecule has 0 bridgehead atoms. The zero-order chi connectivity index (χ0) is 23.8. The normalized spacial score (nSPS) is 18.8. The molecule has 1 aliphatic heterocycles. The fraction of sp³-hybridized carbons (Fsp3) is 0.429. The van der Waals surface area contributed by atoms with E-state index in [-0.39, 0.29) is 27.6 Å². The summed E-state index contributed by atoms with van der Waals surface area (Å²) in [5.41, 5.74) is 1.01. The van der Waals surface area contributed by atoms with E-state index in [9.17, 15) is 22.4 Å². The molecular formula is C21H24F4N6OS. The number of amides is 1. The van der Waals surface area contributed by atoms with Crippen molar-refractivity contribution in [1.82, 2.24) is 20.0 Å². The molecule has 0 radical (unpaired) electrons. The molecule has 1 aromatic carbocycles. The molecular weight excluding hydrogens is 460 g/mol. The van der Waals surface area contributed by atoms with Crippen molar-refractivity contribution in [3.05, 3.63) is 41.2 Å². The Labute approximate surface area is 191 Å². The third kappa shape index (κ3) is 4.62. The number of alkyl halides is 4. The van der Waals surface area contributed by atoms with E-state index < -0.39 is 23.9 Å². The molecule has 1 aliphatic rings. The summed E-state index contributed by atoms with van der Waals surface area (Å²) in [4.78, 5) is 17.2. The topological polar surface area (TPSA) is 85.1 Å². The van der Waals surface area contributed by atoms with Gasteiger partial charge in [-0.2, -0.15) is 17.5 Å². The van der Waals surface area contributed by atoms with E-state index in [1.165, 1.54) is 7.05 Å². The molecule has 178 valence electrons. The van der Waals surface area contributed by atoms with Crippen LogP contribution in [0.3, 0.4) is 0 Å². The van der Waals surface area contributed by atoms with Gasteiger partial charge in [0.05, 0.1) is 28.5 Å². The van der Waals surface area contributed by atoms with E-state index in [1.54, 1.807) is 7.05 Å². The quantitative estimate of drug-likeness (QED) is 0.387. The summed E-state index contributed by atoms with van der Waals surface area (Å²) < 4.78 is 57.1. The second-order valence-electron chi connectivity index (χ2n) is 7.85. The number of carbonyl (C=O) groups is 1. The first kappa shape index (κ1) is 23.3. The first-order valence-corrected chi connectivity index (χ1v) is 11.2. The van der Waals surface area contributed by atoms with Gasteiger partial charge in [-0.15, -0.1) is 0 Å². The van der Waals surface area contributed by atoms with Crippen LogP contribution < -0.4 is 20.9 Å². The third-order valence-corrected chi connectivity index (χ3v) is 6.65. The van der Waals surface area contributed by atoms with E-state index in [1.807, 2.05) is 29.2 Å². The van der Waals surface area contributed by atoms with Crippen molar-refractivity contribution in [3.8, 4) is 0 Å². The summed E-state index contributed by atoms with van der Waals surface area (Å²) in [6, 6.07) is 7.50. The largest absolute Gasteiger partial charge is 0.436 e. The molecule has 1 fully saturated rings. The molecule has 2 unspecified atom stereocenters. The number of hydrogen-bond donors (Lipinski definition) is 4. The van der Waals surface area contributed by atoms with Crippen LogP contribution in [-0.2, 0) is 12.6 Å². The second-order valence-corrected chi connectivity index (χ2v) is 8.62. The van der Waals surface area contributed by atoms with E-state index in [4.69, 9.17) is 0 Å². The van der Waals surface area contributed by atoms with E-state index >= 15 is 0 Å². The van der Waals surface area contributed by atoms with Crippen molar-refractivity contribution in [3.63, 3.8) is 0 Å². The lowest BCUT2D eigenvalue weighted by Gasteiger charge is -2.18. The van der Waals surface area contributed by atoms with Crippen molar-refractivity contribution in [2.75, 3.05) is 43.9 Å². The number of H-pyrrole nitrogens is 1. The maximum atomic E-state index is 14.0. The van der Waals surface area contributed by atoms with Gasteiger partial charge < -0.3 is 25.8 Å². The highest BCUT2D eigenvalue weighted by Gasteiger charge is 2.38. The fourth-order valence-corrected chi connectivity index (χ4v) is 4.92. The zero-order valence-electron chi connectivity index (χ0n) is 18.0. The molecule has 7 nitrogen and oxygen atoms in total. The number of nitrogens with zero attached hydrogens (tertiary/aromatic N) is 2. The third-order valence-electron chi connectivity index (χ3n) is 5.78. The highest BCUT2D eigenvalue weighted by Crippen LogP contribution is 2.40. The lowest BCUT2D eigenvalue weighted by Crippen LogP contribution is -2.34. The van der Waals surface area contributed by atoms with Gasteiger partial charge in [0.15, 0.2) is 5.69 Å². The molecule has 3 heterocycles. The van der Waals surface area contributed by atoms with Crippen molar-refractivity contribution in [2.24, 2.45) is 0 Å². The second kappa shape index (κ2) is 9.18. The minimum absolute atomic E-state index is 0.0379. The summed E-state index contributed by atoms with van der Waals surface area (Å²) in [6.45, 7) is 1.24. The highest BCUT2D eigenvalue weighted by molar-refractivity contribution is 7.14. The molecule has 0 saturated carbocycles. The lowest BCUT2D eigenvalue weighted by atomic mass is 10.1. The molecule has 2 aromatic heterocycles. The van der Waals surface area contributed by atoms with Gasteiger partial charge in [0.25, 0.3) is 5.91 Å². The average molecular weight is 485 g/mol. The van der Waals surface area contributed by atoms with Crippen LogP contribution in [0.1, 0.15) is 21.7 Å². The van der Waals surface area contributed by atoms with Gasteiger partial charge in [-0.05, 0) is 42.7 Å². The van der Waals surface area contributed by atoms with Crippen LogP contribution >= 0.6 is 11.5 Å². The van der Waals surface area contributed by atoms with E-state index in [0.29, 0.717) is 37.6 Å². The number of halogens is 4. The predicted octanol–water partition coefficient (Wildman–Crippen LogP) is 3.40. The Morgan fingerprint density at radius 1 is 1.24 bits per heavy atom. The van der Waals surface area contributed by atoms with Crippen molar-refractivity contribution < 1.29 is 22.4 Å². The van der Waals surface area contributed by atoms with Gasteiger partial charge in [0, 0.05) is 25.8 Å². The Morgan fingerprint density at radius 3 is 2.58 bits per heavy atom. The Bertz CT molecular complexity index is 1130. The minimum Gasteiger partial charge on any atom is -0.385 e. The van der Waals surface area contributed by atoms with Gasteiger partial charge >= 0.3 is 6.18 Å². The predicted molar refractivity (Wildman–Crippen MR) is 121 cm³/mol. The summed E-state index contributed by atoms with van der Waals surface area (Å²) in [5, 5.41) is 8.51. The molecule has 33 heavy (non-hydrogen) atoms. The van der Waals surface area contributed by atoms with Gasteiger partial charge in [-0.25, -0.2) is 4.39 Å². The smallest absolute Gasteiger partial charge is 0.385 e. The molecule has 12 heteroatoms. The van der Waals surface area contributed by atoms with Gasteiger partial charge in [0.2, 0.25) is 0 Å².